The molecule has 2 aromatic rings. The number of carboxylic acid groups (broad SMARTS) is 1. The number of anilines is 1. The van der Waals surface area contributed by atoms with Gasteiger partial charge in [-0.2, -0.15) is 0 Å². The molecule has 2 rings (SSSR count). The Bertz CT molecular complexity index is 742. The number of aromatic carboxylic acids is 1. The summed E-state index contributed by atoms with van der Waals surface area (Å²) in [6, 6.07) is 14.9. The average Bonchev–Trinajstić information content (AvgIpc) is 2.63. The van der Waals surface area contributed by atoms with Crippen molar-refractivity contribution in [3.05, 3.63) is 65.2 Å². The van der Waals surface area contributed by atoms with E-state index in [1.165, 1.54) is 7.11 Å². The summed E-state index contributed by atoms with van der Waals surface area (Å²) in [6.45, 7) is 0.0390. The molecule has 0 aliphatic rings. The smallest absolute Gasteiger partial charge is 0.335 e. The quantitative estimate of drug-likeness (QED) is 0.633. The Morgan fingerprint density at radius 2 is 1.54 bits per heavy atom. The van der Waals surface area contributed by atoms with Gasteiger partial charge in [-0.1, -0.05) is 42.8 Å². The second-order valence-electron chi connectivity index (χ2n) is 6.16. The molecule has 0 unspecified atom stereocenters. The summed E-state index contributed by atoms with van der Waals surface area (Å²) in [5.74, 6) is -1.04. The van der Waals surface area contributed by atoms with Crippen molar-refractivity contribution >= 4 is 17.6 Å². The first-order chi connectivity index (χ1) is 12.6. The van der Waals surface area contributed by atoms with Gasteiger partial charge in [0.05, 0.1) is 5.56 Å². The summed E-state index contributed by atoms with van der Waals surface area (Å²) in [5.41, 5.74) is 3.19. The molecule has 138 valence electrons. The first-order valence-electron chi connectivity index (χ1n) is 8.79. The van der Waals surface area contributed by atoms with Crippen LogP contribution in [-0.4, -0.2) is 30.7 Å². The molecular weight excluding hydrogens is 330 g/mol. The molecule has 0 saturated heterocycles. The molecule has 0 radical (unpaired) electrons. The van der Waals surface area contributed by atoms with E-state index < -0.39 is 5.97 Å². The van der Waals surface area contributed by atoms with E-state index in [0.29, 0.717) is 5.56 Å². The third-order valence-corrected chi connectivity index (χ3v) is 4.21. The number of aryl methyl sites for hydroxylation is 2. The van der Waals surface area contributed by atoms with E-state index in [-0.39, 0.29) is 12.5 Å². The number of methoxy groups -OCH3 is 1. The Kier molecular flexibility index (Phi) is 7.83. The fraction of sp³-hybridized carbons (Fsp3) is 0.333. The molecule has 0 heterocycles. The molecule has 2 aromatic carbocycles. The average molecular weight is 355 g/mol. The fourth-order valence-electron chi connectivity index (χ4n) is 2.93. The maximum Gasteiger partial charge on any atom is 0.335 e. The van der Waals surface area contributed by atoms with Crippen LogP contribution in [0.15, 0.2) is 48.5 Å². The van der Waals surface area contributed by atoms with Gasteiger partial charge < -0.3 is 15.2 Å². The first-order valence-corrected chi connectivity index (χ1v) is 8.79. The van der Waals surface area contributed by atoms with Gasteiger partial charge in [0.15, 0.2) is 0 Å². The zero-order chi connectivity index (χ0) is 18.8. The summed E-state index contributed by atoms with van der Waals surface area (Å²) in [6.07, 6.45) is 4.53. The number of para-hydroxylation sites is 1. The lowest BCUT2D eigenvalue weighted by atomic mass is 9.99. The van der Waals surface area contributed by atoms with Crippen LogP contribution in [0.5, 0.6) is 0 Å². The SMILES string of the molecule is COCC(=O)Nc1ccccc1CCCCCc1ccccc1C(=O)O. The van der Waals surface area contributed by atoms with E-state index in [0.717, 1.165) is 48.9 Å². The molecule has 0 fully saturated rings. The second-order valence-corrected chi connectivity index (χ2v) is 6.16. The number of carboxylic acids is 1. The third-order valence-electron chi connectivity index (χ3n) is 4.21. The number of amides is 1. The Balaban J connectivity index is 1.82. The summed E-state index contributed by atoms with van der Waals surface area (Å²) in [4.78, 5) is 22.9. The van der Waals surface area contributed by atoms with Crippen molar-refractivity contribution in [1.29, 1.82) is 0 Å². The molecule has 1 amide bonds. The zero-order valence-corrected chi connectivity index (χ0v) is 15.0. The van der Waals surface area contributed by atoms with Gasteiger partial charge in [0, 0.05) is 12.8 Å². The van der Waals surface area contributed by atoms with Crippen LogP contribution < -0.4 is 5.32 Å². The molecule has 0 aromatic heterocycles. The number of nitrogens with one attached hydrogen (secondary N) is 1. The van der Waals surface area contributed by atoms with Crippen molar-refractivity contribution in [3.63, 3.8) is 0 Å². The molecule has 26 heavy (non-hydrogen) atoms. The lowest BCUT2D eigenvalue weighted by Crippen LogP contribution is -2.18. The van der Waals surface area contributed by atoms with E-state index >= 15 is 0 Å². The maximum atomic E-state index is 11.7. The van der Waals surface area contributed by atoms with Gasteiger partial charge in [0.2, 0.25) is 5.91 Å². The van der Waals surface area contributed by atoms with Crippen molar-refractivity contribution in [2.24, 2.45) is 0 Å². The monoisotopic (exact) mass is 355 g/mol. The van der Waals surface area contributed by atoms with Crippen LogP contribution in [0.25, 0.3) is 0 Å². The van der Waals surface area contributed by atoms with Crippen LogP contribution >= 0.6 is 0 Å². The zero-order valence-electron chi connectivity index (χ0n) is 15.0. The van der Waals surface area contributed by atoms with Gasteiger partial charge in [-0.25, -0.2) is 4.79 Å². The highest BCUT2D eigenvalue weighted by atomic mass is 16.5. The number of benzene rings is 2. The van der Waals surface area contributed by atoms with Gasteiger partial charge in [0.1, 0.15) is 6.61 Å². The molecule has 5 heteroatoms. The Labute approximate surface area is 154 Å². The number of hydrogen-bond donors (Lipinski definition) is 2. The highest BCUT2D eigenvalue weighted by molar-refractivity contribution is 5.92. The number of unbranched alkanes of at least 4 members (excludes halogenated alkanes) is 2. The van der Waals surface area contributed by atoms with Crippen LogP contribution in [0, 0.1) is 0 Å². The van der Waals surface area contributed by atoms with Gasteiger partial charge in [-0.3, -0.25) is 4.79 Å². The predicted molar refractivity (Wildman–Crippen MR) is 102 cm³/mol. The summed E-state index contributed by atoms with van der Waals surface area (Å²) in [7, 11) is 1.49. The minimum atomic E-state index is -0.874. The molecule has 2 N–H and O–H groups in total. The van der Waals surface area contributed by atoms with Crippen LogP contribution in [0.3, 0.4) is 0 Å². The third kappa shape index (κ3) is 6.01. The standard InChI is InChI=1S/C21H25NO4/c1-26-15-20(23)22-19-14-8-6-12-17(19)11-4-2-3-9-16-10-5-7-13-18(16)21(24)25/h5-8,10,12-14H,2-4,9,11,15H2,1H3,(H,22,23)(H,24,25). The number of carbonyl (C=O) groups excluding carboxylic acids is 1. The highest BCUT2D eigenvalue weighted by Crippen LogP contribution is 2.19. The van der Waals surface area contributed by atoms with E-state index in [1.807, 2.05) is 36.4 Å². The highest BCUT2D eigenvalue weighted by Gasteiger charge is 2.09. The van der Waals surface area contributed by atoms with Gasteiger partial charge in [0.25, 0.3) is 0 Å². The molecule has 0 aliphatic carbocycles. The molecule has 0 spiro atoms. The first kappa shape index (κ1) is 19.7. The number of ether oxygens (including phenoxy) is 1. The Morgan fingerprint density at radius 1 is 0.923 bits per heavy atom. The van der Waals surface area contributed by atoms with Crippen molar-refractivity contribution in [2.75, 3.05) is 19.0 Å². The van der Waals surface area contributed by atoms with Crippen molar-refractivity contribution < 1.29 is 19.4 Å². The maximum absolute atomic E-state index is 11.7. The second kappa shape index (κ2) is 10.4. The minimum absolute atomic E-state index is 0.0390. The van der Waals surface area contributed by atoms with Crippen LogP contribution in [-0.2, 0) is 22.4 Å². The predicted octanol–water partition coefficient (Wildman–Crippen LogP) is 3.93. The van der Waals surface area contributed by atoms with Crippen LogP contribution in [0.2, 0.25) is 0 Å². The molecule has 5 nitrogen and oxygen atoms in total. The molecular formula is C21H25NO4. The Morgan fingerprint density at radius 3 is 2.23 bits per heavy atom. The van der Waals surface area contributed by atoms with E-state index in [2.05, 4.69) is 5.32 Å². The van der Waals surface area contributed by atoms with Gasteiger partial charge in [-0.15, -0.1) is 0 Å². The molecule has 0 atom stereocenters. The van der Waals surface area contributed by atoms with Crippen molar-refractivity contribution in [1.82, 2.24) is 0 Å². The van der Waals surface area contributed by atoms with Gasteiger partial charge in [-0.05, 0) is 48.9 Å². The normalized spacial score (nSPS) is 10.5. The fourth-order valence-corrected chi connectivity index (χ4v) is 2.93. The molecule has 0 bridgehead atoms. The molecule has 0 aliphatic heterocycles. The van der Waals surface area contributed by atoms with Crippen LogP contribution in [0.1, 0.15) is 40.7 Å². The van der Waals surface area contributed by atoms with E-state index in [9.17, 15) is 14.7 Å². The van der Waals surface area contributed by atoms with Crippen molar-refractivity contribution in [2.45, 2.75) is 32.1 Å². The van der Waals surface area contributed by atoms with E-state index in [4.69, 9.17) is 4.74 Å². The molecule has 0 saturated carbocycles. The topological polar surface area (TPSA) is 75.6 Å². The summed E-state index contributed by atoms with van der Waals surface area (Å²) >= 11 is 0. The Hall–Kier alpha value is -2.66. The number of carbonyl (C=O) groups is 2. The van der Waals surface area contributed by atoms with Gasteiger partial charge >= 0.3 is 5.97 Å². The summed E-state index contributed by atoms with van der Waals surface area (Å²) < 4.78 is 4.84. The summed E-state index contributed by atoms with van der Waals surface area (Å²) in [5, 5.41) is 12.1. The minimum Gasteiger partial charge on any atom is -0.478 e. The van der Waals surface area contributed by atoms with Crippen molar-refractivity contribution in [3.8, 4) is 0 Å². The lowest BCUT2D eigenvalue weighted by molar-refractivity contribution is -0.119. The van der Waals surface area contributed by atoms with Crippen LogP contribution in [0.4, 0.5) is 5.69 Å². The van der Waals surface area contributed by atoms with E-state index in [1.54, 1.807) is 12.1 Å². The number of rotatable bonds is 10. The largest absolute Gasteiger partial charge is 0.478 e. The lowest BCUT2D eigenvalue weighted by Gasteiger charge is -2.11. The number of hydrogen-bond acceptors (Lipinski definition) is 3.